The van der Waals surface area contributed by atoms with Gasteiger partial charge in [0.15, 0.2) is 0 Å². The summed E-state index contributed by atoms with van der Waals surface area (Å²) >= 11 is 0. The zero-order chi connectivity index (χ0) is 14.0. The van der Waals surface area contributed by atoms with Gasteiger partial charge in [-0.25, -0.2) is 0 Å². The van der Waals surface area contributed by atoms with Gasteiger partial charge in [0.1, 0.15) is 0 Å². The van der Waals surface area contributed by atoms with Crippen molar-refractivity contribution in [2.45, 2.75) is 31.6 Å². The molecular formula is C13H15F3N2O. The van der Waals surface area contributed by atoms with Gasteiger partial charge in [-0.05, 0) is 24.6 Å². The van der Waals surface area contributed by atoms with E-state index in [-0.39, 0.29) is 18.0 Å². The number of nitrogens with one attached hydrogen (secondary N) is 2. The van der Waals surface area contributed by atoms with E-state index >= 15 is 0 Å². The van der Waals surface area contributed by atoms with Gasteiger partial charge < -0.3 is 10.6 Å². The van der Waals surface area contributed by atoms with Crippen LogP contribution in [0.25, 0.3) is 0 Å². The monoisotopic (exact) mass is 272 g/mol. The molecule has 19 heavy (non-hydrogen) atoms. The second kappa shape index (κ2) is 5.21. The molecule has 6 heteroatoms. The van der Waals surface area contributed by atoms with Crippen molar-refractivity contribution >= 4 is 5.91 Å². The van der Waals surface area contributed by atoms with Crippen LogP contribution in [0.4, 0.5) is 13.2 Å². The highest BCUT2D eigenvalue weighted by Gasteiger charge is 2.30. The molecule has 2 N–H and O–H groups in total. The fourth-order valence-corrected chi connectivity index (χ4v) is 2.13. The predicted molar refractivity (Wildman–Crippen MR) is 64.4 cm³/mol. The van der Waals surface area contributed by atoms with Crippen LogP contribution in [-0.4, -0.2) is 18.5 Å². The van der Waals surface area contributed by atoms with Crippen molar-refractivity contribution in [2.24, 2.45) is 0 Å². The fraction of sp³-hybridized carbons (Fsp3) is 0.462. The normalized spacial score (nSPS) is 21.3. The summed E-state index contributed by atoms with van der Waals surface area (Å²) in [5.41, 5.74) is 0.119. The van der Waals surface area contributed by atoms with Crippen LogP contribution in [0.5, 0.6) is 0 Å². The van der Waals surface area contributed by atoms with Crippen molar-refractivity contribution in [3.05, 3.63) is 35.4 Å². The minimum atomic E-state index is -4.31. The van der Waals surface area contributed by atoms with Crippen LogP contribution in [0.2, 0.25) is 0 Å². The van der Waals surface area contributed by atoms with Gasteiger partial charge in [-0.15, -0.1) is 0 Å². The van der Waals surface area contributed by atoms with Crippen molar-refractivity contribution in [1.82, 2.24) is 10.6 Å². The van der Waals surface area contributed by atoms with E-state index in [9.17, 15) is 18.0 Å². The third-order valence-corrected chi connectivity index (χ3v) is 3.20. The van der Waals surface area contributed by atoms with Crippen LogP contribution >= 0.6 is 0 Å². The summed E-state index contributed by atoms with van der Waals surface area (Å²) in [6.07, 6.45) is -3.90. The zero-order valence-electron chi connectivity index (χ0n) is 10.4. The van der Waals surface area contributed by atoms with E-state index in [2.05, 4.69) is 10.6 Å². The Hall–Kier alpha value is -1.56. The number of hydrogen-bond acceptors (Lipinski definition) is 2. The fourth-order valence-electron chi connectivity index (χ4n) is 2.13. The molecule has 2 rings (SSSR count). The lowest BCUT2D eigenvalue weighted by Gasteiger charge is -2.19. The molecule has 104 valence electrons. The average Bonchev–Trinajstić information content (AvgIpc) is 2.74. The van der Waals surface area contributed by atoms with Crippen molar-refractivity contribution < 1.29 is 18.0 Å². The number of carbonyl (C=O) groups excluding carboxylic acids is 1. The molecule has 1 aliphatic rings. The molecular weight excluding hydrogens is 257 g/mol. The molecule has 2 unspecified atom stereocenters. The quantitative estimate of drug-likeness (QED) is 0.886. The van der Waals surface area contributed by atoms with Crippen LogP contribution in [0.15, 0.2) is 24.3 Å². The summed E-state index contributed by atoms with van der Waals surface area (Å²) in [7, 11) is 0. The van der Waals surface area contributed by atoms with E-state index < -0.39 is 11.7 Å². The van der Waals surface area contributed by atoms with Gasteiger partial charge in [-0.2, -0.15) is 13.2 Å². The van der Waals surface area contributed by atoms with Crippen LogP contribution in [-0.2, 0) is 11.0 Å². The lowest BCUT2D eigenvalue weighted by Crippen LogP contribution is -2.33. The maximum Gasteiger partial charge on any atom is 0.416 e. The summed E-state index contributed by atoms with van der Waals surface area (Å²) in [5.74, 6) is -0.00267. The number of halogens is 3. The maximum absolute atomic E-state index is 12.4. The number of carbonyl (C=O) groups is 1. The summed E-state index contributed by atoms with van der Waals surface area (Å²) < 4.78 is 37.3. The van der Waals surface area contributed by atoms with Crippen molar-refractivity contribution in [3.63, 3.8) is 0 Å². The van der Waals surface area contributed by atoms with Gasteiger partial charge in [0.05, 0.1) is 5.56 Å². The third-order valence-electron chi connectivity index (χ3n) is 3.20. The minimum absolute atomic E-state index is 0.00267. The van der Waals surface area contributed by atoms with E-state index in [0.29, 0.717) is 13.0 Å². The SMILES string of the molecule is CC(NC1CNC(=O)C1)c1ccc(C(F)(F)F)cc1. The summed E-state index contributed by atoms with van der Waals surface area (Å²) in [6.45, 7) is 2.43. The summed E-state index contributed by atoms with van der Waals surface area (Å²) in [5, 5.41) is 5.92. The number of benzene rings is 1. The molecule has 2 atom stereocenters. The highest BCUT2D eigenvalue weighted by atomic mass is 19.4. The zero-order valence-corrected chi connectivity index (χ0v) is 10.4. The van der Waals surface area contributed by atoms with Crippen molar-refractivity contribution in [3.8, 4) is 0 Å². The highest BCUT2D eigenvalue weighted by molar-refractivity contribution is 5.78. The standard InChI is InChI=1S/C13H15F3N2O/c1-8(18-11-6-12(19)17-7-11)9-2-4-10(5-3-9)13(14,15)16/h2-5,8,11,18H,6-7H2,1H3,(H,17,19). The van der Waals surface area contributed by atoms with Gasteiger partial charge in [-0.1, -0.05) is 12.1 Å². The molecule has 1 aromatic rings. The van der Waals surface area contributed by atoms with E-state index in [4.69, 9.17) is 0 Å². The molecule has 1 saturated heterocycles. The molecule has 0 aliphatic carbocycles. The molecule has 0 spiro atoms. The molecule has 0 saturated carbocycles. The molecule has 1 fully saturated rings. The summed E-state index contributed by atoms with van der Waals surface area (Å²) in [4.78, 5) is 11.1. The first-order valence-electron chi connectivity index (χ1n) is 6.06. The second-order valence-corrected chi connectivity index (χ2v) is 4.71. The largest absolute Gasteiger partial charge is 0.416 e. The van der Waals surface area contributed by atoms with E-state index in [0.717, 1.165) is 17.7 Å². The number of rotatable bonds is 3. The molecule has 1 amide bonds. The first kappa shape index (κ1) is 13.9. The third kappa shape index (κ3) is 3.47. The molecule has 1 heterocycles. The number of amides is 1. The van der Waals surface area contributed by atoms with Gasteiger partial charge in [0, 0.05) is 25.0 Å². The molecule has 0 radical (unpaired) electrons. The Balaban J connectivity index is 1.99. The predicted octanol–water partition coefficient (Wildman–Crippen LogP) is 2.24. The van der Waals surface area contributed by atoms with Crippen molar-refractivity contribution in [2.75, 3.05) is 6.54 Å². The van der Waals surface area contributed by atoms with Gasteiger partial charge in [0.25, 0.3) is 0 Å². The first-order valence-corrected chi connectivity index (χ1v) is 6.06. The lowest BCUT2D eigenvalue weighted by atomic mass is 10.0. The molecule has 3 nitrogen and oxygen atoms in total. The number of alkyl halides is 3. The topological polar surface area (TPSA) is 41.1 Å². The Morgan fingerprint density at radius 3 is 2.42 bits per heavy atom. The average molecular weight is 272 g/mol. The van der Waals surface area contributed by atoms with Gasteiger partial charge in [0.2, 0.25) is 5.91 Å². The number of hydrogen-bond donors (Lipinski definition) is 2. The van der Waals surface area contributed by atoms with E-state index in [1.165, 1.54) is 12.1 Å². The van der Waals surface area contributed by atoms with E-state index in [1.54, 1.807) is 0 Å². The van der Waals surface area contributed by atoms with Gasteiger partial charge in [-0.3, -0.25) is 4.79 Å². The van der Waals surface area contributed by atoms with Crippen LogP contribution in [0.3, 0.4) is 0 Å². The molecule has 1 aromatic carbocycles. The minimum Gasteiger partial charge on any atom is -0.354 e. The molecule has 0 bridgehead atoms. The van der Waals surface area contributed by atoms with Crippen molar-refractivity contribution in [1.29, 1.82) is 0 Å². The Labute approximate surface area is 109 Å². The van der Waals surface area contributed by atoms with Crippen LogP contribution in [0, 0.1) is 0 Å². The molecule has 0 aromatic heterocycles. The Morgan fingerprint density at radius 1 is 1.32 bits per heavy atom. The molecule has 1 aliphatic heterocycles. The highest BCUT2D eigenvalue weighted by Crippen LogP contribution is 2.29. The Kier molecular flexibility index (Phi) is 3.80. The van der Waals surface area contributed by atoms with Crippen LogP contribution < -0.4 is 10.6 Å². The van der Waals surface area contributed by atoms with Gasteiger partial charge >= 0.3 is 6.18 Å². The van der Waals surface area contributed by atoms with E-state index in [1.807, 2.05) is 6.92 Å². The Bertz CT molecular complexity index is 456. The van der Waals surface area contributed by atoms with Crippen LogP contribution in [0.1, 0.15) is 30.5 Å². The lowest BCUT2D eigenvalue weighted by molar-refractivity contribution is -0.137. The smallest absolute Gasteiger partial charge is 0.354 e. The summed E-state index contributed by atoms with van der Waals surface area (Å²) in [6, 6.07) is 5.01. The second-order valence-electron chi connectivity index (χ2n) is 4.71. The first-order chi connectivity index (χ1) is 8.86. The Morgan fingerprint density at radius 2 is 1.95 bits per heavy atom. The maximum atomic E-state index is 12.4.